The Morgan fingerprint density at radius 1 is 1.18 bits per heavy atom. The van der Waals surface area contributed by atoms with Crippen molar-refractivity contribution in [2.75, 3.05) is 11.9 Å². The van der Waals surface area contributed by atoms with Gasteiger partial charge in [0, 0.05) is 6.54 Å². The lowest BCUT2D eigenvalue weighted by Gasteiger charge is -2.26. The predicted octanol–water partition coefficient (Wildman–Crippen LogP) is 5.02. The van der Waals surface area contributed by atoms with Crippen LogP contribution in [0.4, 0.5) is 10.5 Å². The van der Waals surface area contributed by atoms with E-state index >= 15 is 0 Å². The van der Waals surface area contributed by atoms with Crippen molar-refractivity contribution in [3.8, 4) is 0 Å². The summed E-state index contributed by atoms with van der Waals surface area (Å²) in [6.45, 7) is 2.87. The fourth-order valence-corrected chi connectivity index (χ4v) is 3.23. The minimum Gasteiger partial charge on any atom is -0.317 e. The van der Waals surface area contributed by atoms with Gasteiger partial charge in [-0.25, -0.2) is 4.79 Å². The van der Waals surface area contributed by atoms with E-state index in [0.717, 1.165) is 19.4 Å². The quantitative estimate of drug-likeness (QED) is 0.829. The van der Waals surface area contributed by atoms with Gasteiger partial charge in [-0.2, -0.15) is 0 Å². The second kappa shape index (κ2) is 6.41. The van der Waals surface area contributed by atoms with Gasteiger partial charge in [0.15, 0.2) is 0 Å². The van der Waals surface area contributed by atoms with Gasteiger partial charge in [0.25, 0.3) is 0 Å². The number of para-hydroxylation sites is 1. The highest BCUT2D eigenvalue weighted by Gasteiger charge is 2.30. The number of halogens is 1. The minimum atomic E-state index is -0.0844. The number of anilines is 1. The largest absolute Gasteiger partial charge is 0.322 e. The molecule has 0 bridgehead atoms. The summed E-state index contributed by atoms with van der Waals surface area (Å²) < 4.78 is 0. The Hall–Kier alpha value is -2.00. The Labute approximate surface area is 135 Å². The van der Waals surface area contributed by atoms with E-state index in [1.165, 1.54) is 11.1 Å². The van der Waals surface area contributed by atoms with Crippen molar-refractivity contribution in [2.45, 2.75) is 25.8 Å². The smallest absolute Gasteiger partial charge is 0.317 e. The maximum Gasteiger partial charge on any atom is 0.322 e. The predicted molar refractivity (Wildman–Crippen MR) is 90.3 cm³/mol. The first-order valence-corrected chi connectivity index (χ1v) is 7.92. The lowest BCUT2D eigenvalue weighted by molar-refractivity contribution is 0.207. The third kappa shape index (κ3) is 2.95. The molecule has 114 valence electrons. The van der Waals surface area contributed by atoms with Crippen LogP contribution in [0.5, 0.6) is 0 Å². The molecule has 0 radical (unpaired) electrons. The number of amides is 2. The fourth-order valence-electron chi connectivity index (χ4n) is 3.04. The van der Waals surface area contributed by atoms with Gasteiger partial charge < -0.3 is 10.2 Å². The molecule has 1 N–H and O–H groups in total. The number of likely N-dealkylation sites (tertiary alicyclic amines) is 1. The van der Waals surface area contributed by atoms with Gasteiger partial charge in [0.1, 0.15) is 0 Å². The summed E-state index contributed by atoms with van der Waals surface area (Å²) in [7, 11) is 0. The molecule has 4 heteroatoms. The van der Waals surface area contributed by atoms with E-state index in [0.29, 0.717) is 10.7 Å². The van der Waals surface area contributed by atoms with Crippen molar-refractivity contribution in [2.24, 2.45) is 0 Å². The SMILES string of the molecule is Cc1ccccc1C1CCCN1C(=O)Nc1ccccc1Cl. The molecule has 0 saturated carbocycles. The van der Waals surface area contributed by atoms with Gasteiger partial charge >= 0.3 is 6.03 Å². The van der Waals surface area contributed by atoms with Gasteiger partial charge in [-0.1, -0.05) is 48.0 Å². The third-order valence-corrected chi connectivity index (χ3v) is 4.51. The molecule has 1 unspecified atom stereocenters. The van der Waals surface area contributed by atoms with Crippen LogP contribution < -0.4 is 5.32 Å². The Morgan fingerprint density at radius 2 is 1.91 bits per heavy atom. The Morgan fingerprint density at radius 3 is 2.68 bits per heavy atom. The fraction of sp³-hybridized carbons (Fsp3) is 0.278. The topological polar surface area (TPSA) is 32.3 Å². The van der Waals surface area contributed by atoms with Gasteiger partial charge in [0.2, 0.25) is 0 Å². The summed E-state index contributed by atoms with van der Waals surface area (Å²) in [5.41, 5.74) is 3.11. The van der Waals surface area contributed by atoms with Gasteiger partial charge in [-0.3, -0.25) is 0 Å². The molecular formula is C18H19ClN2O. The zero-order chi connectivity index (χ0) is 15.5. The zero-order valence-corrected chi connectivity index (χ0v) is 13.3. The van der Waals surface area contributed by atoms with Crippen LogP contribution in [-0.2, 0) is 0 Å². The van der Waals surface area contributed by atoms with Gasteiger partial charge in [0.05, 0.1) is 16.8 Å². The standard InChI is InChI=1S/C18H19ClN2O/c1-13-7-2-3-8-14(13)17-11-6-12-21(17)18(22)20-16-10-5-4-9-15(16)19/h2-5,7-10,17H,6,11-12H2,1H3,(H,20,22). The Bertz CT molecular complexity index is 686. The van der Waals surface area contributed by atoms with E-state index in [2.05, 4.69) is 24.4 Å². The first kappa shape index (κ1) is 14.9. The van der Waals surface area contributed by atoms with E-state index in [1.54, 1.807) is 6.07 Å². The average Bonchev–Trinajstić information content (AvgIpc) is 2.99. The molecule has 2 aromatic rings. The molecule has 1 saturated heterocycles. The van der Waals surface area contributed by atoms with Crippen molar-refractivity contribution in [1.82, 2.24) is 4.90 Å². The minimum absolute atomic E-state index is 0.0844. The first-order valence-electron chi connectivity index (χ1n) is 7.54. The van der Waals surface area contributed by atoms with E-state index in [4.69, 9.17) is 11.6 Å². The number of nitrogens with one attached hydrogen (secondary N) is 1. The summed E-state index contributed by atoms with van der Waals surface area (Å²) in [6.07, 6.45) is 2.02. The van der Waals surface area contributed by atoms with Gasteiger partial charge in [-0.15, -0.1) is 0 Å². The molecule has 2 aromatic carbocycles. The molecule has 1 heterocycles. The molecule has 1 atom stereocenters. The van der Waals surface area contributed by atoms with Crippen LogP contribution in [0, 0.1) is 6.92 Å². The maximum atomic E-state index is 12.6. The second-order valence-corrected chi connectivity index (χ2v) is 6.03. The molecule has 0 aromatic heterocycles. The normalized spacial score (nSPS) is 17.5. The number of hydrogen-bond acceptors (Lipinski definition) is 1. The number of nitrogens with zero attached hydrogens (tertiary/aromatic N) is 1. The van der Waals surface area contributed by atoms with Crippen molar-refractivity contribution >= 4 is 23.3 Å². The van der Waals surface area contributed by atoms with Crippen LogP contribution in [0.2, 0.25) is 5.02 Å². The first-order chi connectivity index (χ1) is 10.7. The molecule has 1 fully saturated rings. The van der Waals surface area contributed by atoms with E-state index in [-0.39, 0.29) is 12.1 Å². The maximum absolute atomic E-state index is 12.6. The summed E-state index contributed by atoms with van der Waals surface area (Å²) >= 11 is 6.12. The molecular weight excluding hydrogens is 296 g/mol. The van der Waals surface area contributed by atoms with E-state index < -0.39 is 0 Å². The number of carbonyl (C=O) groups excluding carboxylic acids is 1. The van der Waals surface area contributed by atoms with Crippen LogP contribution in [0.25, 0.3) is 0 Å². The number of urea groups is 1. The van der Waals surface area contributed by atoms with E-state index in [1.807, 2.05) is 35.2 Å². The average molecular weight is 315 g/mol. The lowest BCUT2D eigenvalue weighted by Crippen LogP contribution is -2.34. The lowest BCUT2D eigenvalue weighted by atomic mass is 9.99. The number of carbonyl (C=O) groups is 1. The van der Waals surface area contributed by atoms with Crippen molar-refractivity contribution in [3.05, 3.63) is 64.7 Å². The third-order valence-electron chi connectivity index (χ3n) is 4.18. The van der Waals surface area contributed by atoms with Gasteiger partial charge in [-0.05, 0) is 43.0 Å². The summed E-state index contributed by atoms with van der Waals surface area (Å²) in [6, 6.07) is 15.6. The monoisotopic (exact) mass is 314 g/mol. The number of aryl methyl sites for hydroxylation is 1. The van der Waals surface area contributed by atoms with Crippen LogP contribution in [0.3, 0.4) is 0 Å². The highest BCUT2D eigenvalue weighted by atomic mass is 35.5. The van der Waals surface area contributed by atoms with Crippen LogP contribution >= 0.6 is 11.6 Å². The number of benzene rings is 2. The van der Waals surface area contributed by atoms with Crippen molar-refractivity contribution < 1.29 is 4.79 Å². The molecule has 1 aliphatic rings. The second-order valence-electron chi connectivity index (χ2n) is 5.62. The Balaban J connectivity index is 1.80. The molecule has 0 spiro atoms. The molecule has 22 heavy (non-hydrogen) atoms. The van der Waals surface area contributed by atoms with Crippen LogP contribution in [0.1, 0.15) is 30.0 Å². The van der Waals surface area contributed by atoms with Crippen molar-refractivity contribution in [3.63, 3.8) is 0 Å². The van der Waals surface area contributed by atoms with E-state index in [9.17, 15) is 4.79 Å². The number of rotatable bonds is 2. The van der Waals surface area contributed by atoms with Crippen LogP contribution in [-0.4, -0.2) is 17.5 Å². The molecule has 2 amide bonds. The molecule has 1 aliphatic heterocycles. The summed E-state index contributed by atoms with van der Waals surface area (Å²) in [5, 5.41) is 3.48. The number of hydrogen-bond donors (Lipinski definition) is 1. The Kier molecular flexibility index (Phi) is 4.34. The van der Waals surface area contributed by atoms with Crippen molar-refractivity contribution in [1.29, 1.82) is 0 Å². The highest BCUT2D eigenvalue weighted by molar-refractivity contribution is 6.33. The zero-order valence-electron chi connectivity index (χ0n) is 12.6. The molecule has 3 rings (SSSR count). The molecule has 3 nitrogen and oxygen atoms in total. The summed E-state index contributed by atoms with van der Waals surface area (Å²) in [5.74, 6) is 0. The summed E-state index contributed by atoms with van der Waals surface area (Å²) in [4.78, 5) is 14.5. The molecule has 0 aliphatic carbocycles. The highest BCUT2D eigenvalue weighted by Crippen LogP contribution is 2.34. The van der Waals surface area contributed by atoms with Crippen LogP contribution in [0.15, 0.2) is 48.5 Å².